The first kappa shape index (κ1) is 19.3. The van der Waals surface area contributed by atoms with Crippen LogP contribution in [0.4, 0.5) is 0 Å². The zero-order chi connectivity index (χ0) is 18.4. The second kappa shape index (κ2) is 8.98. The van der Waals surface area contributed by atoms with Gasteiger partial charge >= 0.3 is 0 Å². The number of hydrogen-bond donors (Lipinski definition) is 6. The van der Waals surface area contributed by atoms with Crippen LogP contribution in [0.3, 0.4) is 0 Å². The Hall–Kier alpha value is -1.42. The first-order chi connectivity index (χ1) is 12.6. The second-order valence-corrected chi connectivity index (χ2v) is 7.57. The summed E-state index contributed by atoms with van der Waals surface area (Å²) < 4.78 is 0. The SMILES string of the molecule is CCN1CCCC1CNC1(N)N=C(N)NC(NNC2CCCCCC2)=N1. The first-order valence-corrected chi connectivity index (χ1v) is 10.1. The van der Waals surface area contributed by atoms with E-state index in [0.717, 1.165) is 19.6 Å². The number of hydrazine groups is 1. The average molecular weight is 366 g/mol. The molecule has 2 fully saturated rings. The number of guanidine groups is 2. The Morgan fingerprint density at radius 1 is 1.15 bits per heavy atom. The lowest BCUT2D eigenvalue weighted by Gasteiger charge is -2.31. The van der Waals surface area contributed by atoms with E-state index in [1.54, 1.807) is 0 Å². The van der Waals surface area contributed by atoms with Crippen molar-refractivity contribution in [2.75, 3.05) is 19.6 Å². The topological polar surface area (TPSA) is 128 Å². The lowest BCUT2D eigenvalue weighted by atomic mass is 10.1. The van der Waals surface area contributed by atoms with Gasteiger partial charge in [0, 0.05) is 18.6 Å². The van der Waals surface area contributed by atoms with Crippen LogP contribution in [0.15, 0.2) is 9.98 Å². The highest BCUT2D eigenvalue weighted by molar-refractivity contribution is 5.99. The number of nitrogens with two attached hydrogens (primary N) is 2. The van der Waals surface area contributed by atoms with Gasteiger partial charge in [0.1, 0.15) is 0 Å². The van der Waals surface area contributed by atoms with Crippen molar-refractivity contribution in [2.45, 2.75) is 76.3 Å². The predicted octanol–water partition coefficient (Wildman–Crippen LogP) is -0.279. The second-order valence-electron chi connectivity index (χ2n) is 7.57. The molecule has 9 heteroatoms. The Labute approximate surface area is 156 Å². The molecular weight excluding hydrogens is 330 g/mol. The van der Waals surface area contributed by atoms with Gasteiger partial charge in [-0.25, -0.2) is 5.43 Å². The van der Waals surface area contributed by atoms with Crippen LogP contribution < -0.4 is 33.0 Å². The third kappa shape index (κ3) is 5.29. The van der Waals surface area contributed by atoms with Crippen LogP contribution in [-0.4, -0.2) is 54.4 Å². The highest BCUT2D eigenvalue weighted by Gasteiger charge is 2.31. The van der Waals surface area contributed by atoms with Crippen LogP contribution >= 0.6 is 0 Å². The van der Waals surface area contributed by atoms with Gasteiger partial charge in [-0.2, -0.15) is 9.98 Å². The molecule has 0 amide bonds. The quantitative estimate of drug-likeness (QED) is 0.217. The number of nitrogens with one attached hydrogen (secondary N) is 4. The van der Waals surface area contributed by atoms with E-state index in [9.17, 15) is 0 Å². The Balaban J connectivity index is 1.54. The molecule has 26 heavy (non-hydrogen) atoms. The Bertz CT molecular complexity index is 512. The summed E-state index contributed by atoms with van der Waals surface area (Å²) in [4.78, 5) is 11.2. The minimum Gasteiger partial charge on any atom is -0.369 e. The van der Waals surface area contributed by atoms with Crippen LogP contribution in [0, 0.1) is 0 Å². The fourth-order valence-corrected chi connectivity index (χ4v) is 4.10. The van der Waals surface area contributed by atoms with E-state index < -0.39 is 5.91 Å². The molecule has 0 bridgehead atoms. The van der Waals surface area contributed by atoms with E-state index in [2.05, 4.69) is 43.3 Å². The fourth-order valence-electron chi connectivity index (χ4n) is 4.10. The summed E-state index contributed by atoms with van der Waals surface area (Å²) in [6.45, 7) is 5.14. The summed E-state index contributed by atoms with van der Waals surface area (Å²) >= 11 is 0. The van der Waals surface area contributed by atoms with Gasteiger partial charge in [0.2, 0.25) is 5.96 Å². The third-order valence-electron chi connectivity index (χ3n) is 5.57. The van der Waals surface area contributed by atoms with Gasteiger partial charge in [0.15, 0.2) is 5.96 Å². The van der Waals surface area contributed by atoms with Crippen LogP contribution in [0.1, 0.15) is 58.3 Å². The number of rotatable bonds is 6. The van der Waals surface area contributed by atoms with Gasteiger partial charge in [-0.15, -0.1) is 0 Å². The third-order valence-corrected chi connectivity index (χ3v) is 5.57. The molecule has 0 spiro atoms. The molecule has 2 aliphatic heterocycles. The van der Waals surface area contributed by atoms with E-state index in [-0.39, 0.29) is 5.96 Å². The highest BCUT2D eigenvalue weighted by Crippen LogP contribution is 2.18. The molecule has 3 rings (SSSR count). The van der Waals surface area contributed by atoms with Crippen LogP contribution in [0.2, 0.25) is 0 Å². The zero-order valence-electron chi connectivity index (χ0n) is 15.9. The molecular formula is C17H35N9. The Kier molecular flexibility index (Phi) is 6.68. The summed E-state index contributed by atoms with van der Waals surface area (Å²) in [6.07, 6.45) is 9.92. The number of likely N-dealkylation sites (tertiary alicyclic amines) is 1. The molecule has 2 atom stereocenters. The fraction of sp³-hybridized carbons (Fsp3) is 0.882. The van der Waals surface area contributed by atoms with E-state index in [0.29, 0.717) is 18.0 Å². The zero-order valence-corrected chi connectivity index (χ0v) is 15.9. The van der Waals surface area contributed by atoms with Crippen molar-refractivity contribution in [2.24, 2.45) is 21.5 Å². The summed E-state index contributed by atoms with van der Waals surface area (Å²) in [6, 6.07) is 0.918. The van der Waals surface area contributed by atoms with Crippen LogP contribution in [0.5, 0.6) is 0 Å². The number of hydrogen-bond acceptors (Lipinski definition) is 9. The molecule has 1 saturated heterocycles. The summed E-state index contributed by atoms with van der Waals surface area (Å²) in [5.41, 5.74) is 18.8. The van der Waals surface area contributed by atoms with E-state index in [1.807, 2.05) is 0 Å². The van der Waals surface area contributed by atoms with Gasteiger partial charge in [-0.1, -0.05) is 32.6 Å². The molecule has 0 aromatic heterocycles. The van der Waals surface area contributed by atoms with Crippen molar-refractivity contribution < 1.29 is 0 Å². The Morgan fingerprint density at radius 3 is 2.65 bits per heavy atom. The molecule has 0 radical (unpaired) electrons. The molecule has 1 saturated carbocycles. The minimum atomic E-state index is -1.23. The molecule has 2 heterocycles. The predicted molar refractivity (Wildman–Crippen MR) is 105 cm³/mol. The first-order valence-electron chi connectivity index (χ1n) is 10.1. The number of nitrogens with zero attached hydrogens (tertiary/aromatic N) is 3. The van der Waals surface area contributed by atoms with E-state index in [1.165, 1.54) is 51.4 Å². The van der Waals surface area contributed by atoms with Gasteiger partial charge in [-0.3, -0.25) is 26.7 Å². The highest BCUT2D eigenvalue weighted by atomic mass is 15.5. The van der Waals surface area contributed by atoms with Crippen molar-refractivity contribution in [3.63, 3.8) is 0 Å². The van der Waals surface area contributed by atoms with Crippen molar-refractivity contribution in [3.8, 4) is 0 Å². The number of aliphatic imine (C=N–C) groups is 2. The van der Waals surface area contributed by atoms with E-state index >= 15 is 0 Å². The van der Waals surface area contributed by atoms with Crippen LogP contribution in [0.25, 0.3) is 0 Å². The normalized spacial score (nSPS) is 31.1. The summed E-state index contributed by atoms with van der Waals surface area (Å²) in [5, 5.41) is 6.23. The van der Waals surface area contributed by atoms with Crippen molar-refractivity contribution in [1.29, 1.82) is 0 Å². The maximum Gasteiger partial charge on any atom is 0.268 e. The monoisotopic (exact) mass is 365 g/mol. The maximum absolute atomic E-state index is 6.35. The van der Waals surface area contributed by atoms with Crippen molar-refractivity contribution >= 4 is 11.9 Å². The largest absolute Gasteiger partial charge is 0.369 e. The molecule has 1 aliphatic carbocycles. The minimum absolute atomic E-state index is 0.263. The van der Waals surface area contributed by atoms with Gasteiger partial charge in [-0.05, 0) is 38.8 Å². The lowest BCUT2D eigenvalue weighted by Crippen LogP contribution is -2.63. The van der Waals surface area contributed by atoms with Gasteiger partial charge in [0.05, 0.1) is 0 Å². The molecule has 9 nitrogen and oxygen atoms in total. The number of likely N-dealkylation sites (N-methyl/N-ethyl adjacent to an activating group) is 1. The molecule has 0 aromatic carbocycles. The molecule has 148 valence electrons. The Morgan fingerprint density at radius 2 is 1.92 bits per heavy atom. The maximum atomic E-state index is 6.35. The smallest absolute Gasteiger partial charge is 0.268 e. The molecule has 8 N–H and O–H groups in total. The van der Waals surface area contributed by atoms with Crippen molar-refractivity contribution in [1.82, 2.24) is 26.4 Å². The van der Waals surface area contributed by atoms with E-state index in [4.69, 9.17) is 11.5 Å². The summed E-state index contributed by atoms with van der Waals surface area (Å²) in [7, 11) is 0. The lowest BCUT2D eigenvalue weighted by molar-refractivity contribution is 0.234. The standard InChI is InChI=1S/C17H35N9/c1-2-26-11-7-10-14(26)12-20-17(19)22-15(18)21-16(23-17)25-24-13-8-5-3-4-6-9-13/h13-14,20,24H,2-12,19H2,1H3,(H4,18,21,22,23,25). The average Bonchev–Trinajstić information content (AvgIpc) is 2.91. The van der Waals surface area contributed by atoms with Gasteiger partial charge < -0.3 is 5.73 Å². The van der Waals surface area contributed by atoms with Crippen molar-refractivity contribution in [3.05, 3.63) is 0 Å². The molecule has 3 aliphatic rings. The van der Waals surface area contributed by atoms with Gasteiger partial charge in [0.25, 0.3) is 5.91 Å². The molecule has 2 unspecified atom stereocenters. The van der Waals surface area contributed by atoms with Crippen LogP contribution in [-0.2, 0) is 0 Å². The molecule has 0 aromatic rings. The summed E-state index contributed by atoms with van der Waals surface area (Å²) in [5.74, 6) is -0.459.